The number of aliphatic carboxylic acids is 1. The fraction of sp³-hybridized carbons (Fsp3) is 0.619. The maximum atomic E-state index is 12.8. The lowest BCUT2D eigenvalue weighted by atomic mass is 9.74. The molecule has 1 spiro atoms. The minimum absolute atomic E-state index is 0.107. The van der Waals surface area contributed by atoms with Crippen LogP contribution in [0.3, 0.4) is 0 Å². The highest BCUT2D eigenvalue weighted by Crippen LogP contribution is 2.48. The minimum atomic E-state index is -5.08. The molecule has 0 saturated carbocycles. The number of aromatic nitrogens is 1. The van der Waals surface area contributed by atoms with Gasteiger partial charge in [-0.2, -0.15) is 13.2 Å². The lowest BCUT2D eigenvalue weighted by Gasteiger charge is -2.47. The van der Waals surface area contributed by atoms with E-state index in [1.807, 2.05) is 33.9 Å². The van der Waals surface area contributed by atoms with Crippen LogP contribution in [-0.2, 0) is 14.3 Å². The Bertz CT molecular complexity index is 853. The van der Waals surface area contributed by atoms with Crippen molar-refractivity contribution in [1.29, 1.82) is 0 Å². The summed E-state index contributed by atoms with van der Waals surface area (Å²) in [5, 5.41) is 7.12. The highest BCUT2D eigenvalue weighted by atomic mass is 19.4. The van der Waals surface area contributed by atoms with Gasteiger partial charge in [0.05, 0.1) is 18.8 Å². The molecule has 3 aliphatic heterocycles. The van der Waals surface area contributed by atoms with Crippen molar-refractivity contribution in [3.05, 3.63) is 30.1 Å². The van der Waals surface area contributed by atoms with Gasteiger partial charge in [-0.25, -0.2) is 9.59 Å². The summed E-state index contributed by atoms with van der Waals surface area (Å²) in [6.07, 6.45) is 0.681. The number of alkyl halides is 3. The van der Waals surface area contributed by atoms with Crippen molar-refractivity contribution < 1.29 is 37.4 Å². The van der Waals surface area contributed by atoms with Gasteiger partial charge in [-0.05, 0) is 30.5 Å². The predicted octanol–water partition coefficient (Wildman–Crippen LogP) is 1.95. The zero-order chi connectivity index (χ0) is 24.2. The van der Waals surface area contributed by atoms with Gasteiger partial charge >= 0.3 is 18.2 Å². The number of carboxylic acids is 1. The Kier molecular flexibility index (Phi) is 7.45. The third-order valence-corrected chi connectivity index (χ3v) is 6.60. The summed E-state index contributed by atoms with van der Waals surface area (Å²) in [5.74, 6) is -2.39. The van der Waals surface area contributed by atoms with Crippen LogP contribution in [0.25, 0.3) is 0 Å². The molecule has 0 bridgehead atoms. The number of pyridine rings is 1. The molecule has 1 unspecified atom stereocenters. The first-order valence-electron chi connectivity index (χ1n) is 10.6. The number of hydrogen-bond acceptors (Lipinski definition) is 5. The molecule has 1 N–H and O–H groups in total. The maximum Gasteiger partial charge on any atom is 0.490 e. The van der Waals surface area contributed by atoms with Gasteiger partial charge in [0.1, 0.15) is 0 Å². The number of urea groups is 1. The first-order valence-corrected chi connectivity index (χ1v) is 10.6. The number of carbonyl (C=O) groups is 3. The van der Waals surface area contributed by atoms with Crippen LogP contribution < -0.4 is 0 Å². The van der Waals surface area contributed by atoms with Crippen LogP contribution in [0.15, 0.2) is 24.5 Å². The number of amides is 3. The Morgan fingerprint density at radius 3 is 2.12 bits per heavy atom. The van der Waals surface area contributed by atoms with Crippen LogP contribution in [0.1, 0.15) is 30.7 Å². The number of ether oxygens (including phenoxy) is 1. The van der Waals surface area contributed by atoms with Gasteiger partial charge in [-0.3, -0.25) is 9.78 Å². The van der Waals surface area contributed by atoms with Crippen LogP contribution in [0.5, 0.6) is 0 Å². The van der Waals surface area contributed by atoms with Crippen molar-refractivity contribution in [3.63, 3.8) is 0 Å². The molecule has 4 heterocycles. The van der Waals surface area contributed by atoms with Crippen molar-refractivity contribution in [2.24, 2.45) is 0 Å². The third-order valence-electron chi connectivity index (χ3n) is 6.60. The Hall–Kier alpha value is -2.89. The fourth-order valence-electron chi connectivity index (χ4n) is 4.73. The van der Waals surface area contributed by atoms with Crippen molar-refractivity contribution >= 4 is 17.9 Å². The summed E-state index contributed by atoms with van der Waals surface area (Å²) < 4.78 is 37.1. The predicted molar refractivity (Wildman–Crippen MR) is 109 cm³/mol. The number of piperidine rings is 1. The second-order valence-electron chi connectivity index (χ2n) is 8.27. The van der Waals surface area contributed by atoms with Crippen LogP contribution in [0.4, 0.5) is 18.0 Å². The average Bonchev–Trinajstić information content (AvgIpc) is 3.05. The number of likely N-dealkylation sites (N-methyl/N-ethyl adjacent to an activating group) is 1. The topological polar surface area (TPSA) is 103 Å². The Balaban J connectivity index is 0.000000383. The number of carboxylic acid groups (broad SMARTS) is 1. The van der Waals surface area contributed by atoms with Crippen LogP contribution in [0.2, 0.25) is 0 Å². The van der Waals surface area contributed by atoms with E-state index in [-0.39, 0.29) is 23.4 Å². The lowest BCUT2D eigenvalue weighted by Crippen LogP contribution is -2.57. The summed E-state index contributed by atoms with van der Waals surface area (Å²) in [4.78, 5) is 44.0. The van der Waals surface area contributed by atoms with E-state index in [0.29, 0.717) is 45.8 Å². The van der Waals surface area contributed by atoms with E-state index in [4.69, 9.17) is 14.6 Å². The highest BCUT2D eigenvalue weighted by Gasteiger charge is 2.53. The number of halogens is 3. The summed E-state index contributed by atoms with van der Waals surface area (Å²) in [5.41, 5.74) is 0.978. The normalized spacial score (nSPS) is 22.7. The van der Waals surface area contributed by atoms with Crippen molar-refractivity contribution in [2.45, 2.75) is 36.9 Å². The van der Waals surface area contributed by atoms with Gasteiger partial charge in [0.15, 0.2) is 0 Å². The monoisotopic (exact) mass is 472 g/mol. The maximum absolute atomic E-state index is 12.8. The first kappa shape index (κ1) is 24.7. The molecule has 3 fully saturated rings. The first-order chi connectivity index (χ1) is 15.6. The number of carbonyl (C=O) groups excluding carboxylic acids is 2. The van der Waals surface area contributed by atoms with E-state index in [1.165, 1.54) is 5.56 Å². The van der Waals surface area contributed by atoms with Gasteiger partial charge in [-0.15, -0.1) is 0 Å². The molecule has 0 aliphatic carbocycles. The van der Waals surface area contributed by atoms with Crippen molar-refractivity contribution in [1.82, 2.24) is 19.7 Å². The van der Waals surface area contributed by atoms with Crippen LogP contribution >= 0.6 is 0 Å². The largest absolute Gasteiger partial charge is 0.490 e. The molecule has 182 valence electrons. The molecule has 9 nitrogen and oxygen atoms in total. The molecular formula is C21H27F3N4O5. The Labute approximate surface area is 189 Å². The van der Waals surface area contributed by atoms with Crippen molar-refractivity contribution in [2.75, 3.05) is 46.4 Å². The molecule has 0 aromatic carbocycles. The molecular weight excluding hydrogens is 445 g/mol. The molecule has 1 aromatic heterocycles. The number of nitrogens with zero attached hydrogens (tertiary/aromatic N) is 4. The zero-order valence-electron chi connectivity index (χ0n) is 18.3. The van der Waals surface area contributed by atoms with Gasteiger partial charge in [-0.1, -0.05) is 0 Å². The third kappa shape index (κ3) is 5.37. The molecule has 1 aromatic rings. The highest BCUT2D eigenvalue weighted by molar-refractivity contribution is 5.82. The standard InChI is InChI=1S/C19H26N4O3.C2HF3O2/c1-21-17(24)14-16(15-2-6-20-7-3-15)19(21)4-8-22(9-5-19)18(25)23-10-12-26-13-11-23;3-2(4,5)1(6)7/h2-3,6-7,16H,4-5,8-14H2,1H3;(H,6,7). The molecule has 3 aliphatic rings. The number of likely N-dealkylation sites (tertiary alicyclic amines) is 2. The Morgan fingerprint density at radius 2 is 1.61 bits per heavy atom. The number of morpholine rings is 1. The van der Waals surface area contributed by atoms with E-state index in [1.54, 1.807) is 12.4 Å². The molecule has 0 radical (unpaired) electrons. The molecule has 4 rings (SSSR count). The van der Waals surface area contributed by atoms with E-state index in [2.05, 4.69) is 4.98 Å². The van der Waals surface area contributed by atoms with Gasteiger partial charge in [0.2, 0.25) is 5.91 Å². The minimum Gasteiger partial charge on any atom is -0.475 e. The lowest BCUT2D eigenvalue weighted by molar-refractivity contribution is -0.192. The fourth-order valence-corrected chi connectivity index (χ4v) is 4.73. The quantitative estimate of drug-likeness (QED) is 0.670. The summed E-state index contributed by atoms with van der Waals surface area (Å²) >= 11 is 0. The van der Waals surface area contributed by atoms with Gasteiger partial charge in [0.25, 0.3) is 0 Å². The SMILES string of the molecule is CN1C(=O)CC(c2ccncc2)C12CCN(C(=O)N1CCOCC1)CC2.O=C(O)C(F)(F)F. The van der Waals surface area contributed by atoms with Gasteiger partial charge < -0.3 is 24.5 Å². The van der Waals surface area contributed by atoms with E-state index < -0.39 is 12.1 Å². The second kappa shape index (κ2) is 9.94. The zero-order valence-corrected chi connectivity index (χ0v) is 18.3. The molecule has 12 heteroatoms. The van der Waals surface area contributed by atoms with Gasteiger partial charge in [0, 0.05) is 58.0 Å². The second-order valence-corrected chi connectivity index (χ2v) is 8.27. The average molecular weight is 472 g/mol. The summed E-state index contributed by atoms with van der Waals surface area (Å²) in [6.45, 7) is 3.94. The smallest absolute Gasteiger partial charge is 0.475 e. The van der Waals surface area contributed by atoms with E-state index in [9.17, 15) is 22.8 Å². The molecule has 33 heavy (non-hydrogen) atoms. The molecule has 3 saturated heterocycles. The molecule has 1 atom stereocenters. The van der Waals surface area contributed by atoms with Crippen LogP contribution in [-0.4, -0.2) is 101 Å². The number of hydrogen-bond donors (Lipinski definition) is 1. The Morgan fingerprint density at radius 1 is 1.09 bits per heavy atom. The van der Waals surface area contributed by atoms with E-state index >= 15 is 0 Å². The summed E-state index contributed by atoms with van der Waals surface area (Å²) in [6, 6.07) is 4.14. The van der Waals surface area contributed by atoms with Crippen molar-refractivity contribution in [3.8, 4) is 0 Å². The van der Waals surface area contributed by atoms with Crippen LogP contribution in [0, 0.1) is 0 Å². The molecule has 3 amide bonds. The van der Waals surface area contributed by atoms with E-state index in [0.717, 1.165) is 12.8 Å². The summed E-state index contributed by atoms with van der Waals surface area (Å²) in [7, 11) is 1.92. The number of rotatable bonds is 1.